The Morgan fingerprint density at radius 1 is 1.53 bits per heavy atom. The Kier molecular flexibility index (Phi) is 3.96. The number of hydrogen-bond donors (Lipinski definition) is 3. The topological polar surface area (TPSA) is 101 Å². The van der Waals surface area contributed by atoms with Gasteiger partial charge in [-0.2, -0.15) is 0 Å². The van der Waals surface area contributed by atoms with Crippen LogP contribution in [0.5, 0.6) is 0 Å². The van der Waals surface area contributed by atoms with E-state index < -0.39 is 17.2 Å². The standard InChI is InChI=1S/C11H11ClN4O2S/c1-5(9(17)16-10(13)18)19-11-14-7-3-2-6(12)4-8(7)15-11/h2-5H,1H3,(H,14,15)(H3,13,16,17,18)/t5-/m1/s1. The molecule has 0 bridgehead atoms. The number of aromatic amines is 1. The number of nitrogens with two attached hydrogens (primary N) is 1. The van der Waals surface area contributed by atoms with Crippen molar-refractivity contribution in [1.82, 2.24) is 15.3 Å². The molecule has 0 spiro atoms. The second-order valence-electron chi connectivity index (χ2n) is 3.82. The molecular formula is C11H11ClN4O2S. The van der Waals surface area contributed by atoms with Crippen molar-refractivity contribution in [3.05, 3.63) is 23.2 Å². The minimum atomic E-state index is -0.867. The molecule has 3 amide bonds. The van der Waals surface area contributed by atoms with Gasteiger partial charge in [0.15, 0.2) is 5.16 Å². The lowest BCUT2D eigenvalue weighted by molar-refractivity contribution is -0.119. The van der Waals surface area contributed by atoms with Crippen molar-refractivity contribution in [1.29, 1.82) is 0 Å². The van der Waals surface area contributed by atoms with Gasteiger partial charge in [0.2, 0.25) is 5.91 Å². The Morgan fingerprint density at radius 3 is 2.95 bits per heavy atom. The average molecular weight is 299 g/mol. The van der Waals surface area contributed by atoms with E-state index in [4.69, 9.17) is 17.3 Å². The molecule has 1 aromatic carbocycles. The second kappa shape index (κ2) is 5.50. The molecule has 0 radical (unpaired) electrons. The number of imide groups is 1. The highest BCUT2D eigenvalue weighted by Crippen LogP contribution is 2.25. The fourth-order valence-corrected chi connectivity index (χ4v) is 2.45. The zero-order chi connectivity index (χ0) is 14.0. The molecule has 0 fully saturated rings. The molecule has 8 heteroatoms. The van der Waals surface area contributed by atoms with Gasteiger partial charge in [0.05, 0.1) is 16.3 Å². The van der Waals surface area contributed by atoms with Crippen LogP contribution in [0.1, 0.15) is 6.92 Å². The molecule has 2 aromatic rings. The van der Waals surface area contributed by atoms with Gasteiger partial charge < -0.3 is 10.7 Å². The first kappa shape index (κ1) is 13.7. The molecular weight excluding hydrogens is 288 g/mol. The van der Waals surface area contributed by atoms with Crippen LogP contribution in [0.2, 0.25) is 5.02 Å². The molecule has 6 nitrogen and oxygen atoms in total. The maximum absolute atomic E-state index is 11.5. The van der Waals surface area contributed by atoms with Gasteiger partial charge in [-0.1, -0.05) is 23.4 Å². The molecule has 0 unspecified atom stereocenters. The van der Waals surface area contributed by atoms with Gasteiger partial charge in [-0.05, 0) is 25.1 Å². The van der Waals surface area contributed by atoms with Gasteiger partial charge in [-0.25, -0.2) is 9.78 Å². The monoisotopic (exact) mass is 298 g/mol. The summed E-state index contributed by atoms with van der Waals surface area (Å²) in [5.74, 6) is -0.462. The number of urea groups is 1. The number of rotatable bonds is 3. The fourth-order valence-electron chi connectivity index (χ4n) is 1.46. The number of benzene rings is 1. The van der Waals surface area contributed by atoms with Crippen molar-refractivity contribution in [3.63, 3.8) is 0 Å². The first-order chi connectivity index (χ1) is 8.95. The lowest BCUT2D eigenvalue weighted by Crippen LogP contribution is -2.39. The summed E-state index contributed by atoms with van der Waals surface area (Å²) in [6.07, 6.45) is 0. The summed E-state index contributed by atoms with van der Waals surface area (Å²) in [6, 6.07) is 4.41. The Morgan fingerprint density at radius 2 is 2.26 bits per heavy atom. The molecule has 0 saturated heterocycles. The van der Waals surface area contributed by atoms with Gasteiger partial charge >= 0.3 is 6.03 Å². The van der Waals surface area contributed by atoms with Crippen molar-refractivity contribution in [2.24, 2.45) is 5.73 Å². The fraction of sp³-hybridized carbons (Fsp3) is 0.182. The largest absolute Gasteiger partial charge is 0.351 e. The second-order valence-corrected chi connectivity index (χ2v) is 5.58. The van der Waals surface area contributed by atoms with Crippen molar-refractivity contribution in [2.45, 2.75) is 17.3 Å². The van der Waals surface area contributed by atoms with Crippen molar-refractivity contribution in [2.75, 3.05) is 0 Å². The Labute approximate surface area is 118 Å². The van der Waals surface area contributed by atoms with E-state index in [1.807, 2.05) is 5.32 Å². The number of nitrogens with zero attached hydrogens (tertiary/aromatic N) is 1. The van der Waals surface area contributed by atoms with Gasteiger partial charge in [-0.3, -0.25) is 10.1 Å². The lowest BCUT2D eigenvalue weighted by Gasteiger charge is -2.07. The zero-order valence-corrected chi connectivity index (χ0v) is 11.5. The van der Waals surface area contributed by atoms with Gasteiger partial charge in [0, 0.05) is 5.02 Å². The van der Waals surface area contributed by atoms with Crippen LogP contribution in [-0.4, -0.2) is 27.2 Å². The molecule has 1 atom stereocenters. The third kappa shape index (κ3) is 3.39. The zero-order valence-electron chi connectivity index (χ0n) is 9.94. The highest BCUT2D eigenvalue weighted by atomic mass is 35.5. The number of carbonyl (C=O) groups excluding carboxylic acids is 2. The van der Waals surface area contributed by atoms with E-state index in [9.17, 15) is 9.59 Å². The molecule has 0 aliphatic heterocycles. The normalized spacial score (nSPS) is 12.3. The number of halogens is 1. The van der Waals surface area contributed by atoms with Crippen LogP contribution >= 0.6 is 23.4 Å². The number of fused-ring (bicyclic) bond motifs is 1. The van der Waals surface area contributed by atoms with E-state index in [0.29, 0.717) is 10.2 Å². The van der Waals surface area contributed by atoms with E-state index in [2.05, 4.69) is 9.97 Å². The van der Waals surface area contributed by atoms with Crippen molar-refractivity contribution < 1.29 is 9.59 Å². The first-order valence-electron chi connectivity index (χ1n) is 5.38. The Balaban J connectivity index is 2.12. The number of carbonyl (C=O) groups is 2. The number of thioether (sulfide) groups is 1. The van der Waals surface area contributed by atoms with E-state index in [-0.39, 0.29) is 0 Å². The summed E-state index contributed by atoms with van der Waals surface area (Å²) < 4.78 is 0. The number of imidazole rings is 1. The average Bonchev–Trinajstić information content (AvgIpc) is 2.69. The molecule has 19 heavy (non-hydrogen) atoms. The lowest BCUT2D eigenvalue weighted by atomic mass is 10.3. The quantitative estimate of drug-likeness (QED) is 0.753. The van der Waals surface area contributed by atoms with E-state index in [1.165, 1.54) is 11.8 Å². The third-order valence-electron chi connectivity index (χ3n) is 2.33. The van der Waals surface area contributed by atoms with Crippen LogP contribution in [0.4, 0.5) is 4.79 Å². The van der Waals surface area contributed by atoms with Gasteiger partial charge in [0.25, 0.3) is 0 Å². The molecule has 4 N–H and O–H groups in total. The Bertz CT molecular complexity index is 643. The van der Waals surface area contributed by atoms with Crippen LogP contribution in [0.25, 0.3) is 11.0 Å². The number of nitrogens with one attached hydrogen (secondary N) is 2. The van der Waals surface area contributed by atoms with Gasteiger partial charge in [-0.15, -0.1) is 0 Å². The summed E-state index contributed by atoms with van der Waals surface area (Å²) in [4.78, 5) is 29.5. The first-order valence-corrected chi connectivity index (χ1v) is 6.63. The maximum Gasteiger partial charge on any atom is 0.318 e. The number of H-pyrrole nitrogens is 1. The van der Waals surface area contributed by atoms with Crippen LogP contribution < -0.4 is 11.1 Å². The number of aromatic nitrogens is 2. The van der Waals surface area contributed by atoms with Crippen LogP contribution in [0, 0.1) is 0 Å². The molecule has 0 aliphatic rings. The molecule has 1 heterocycles. The minimum Gasteiger partial charge on any atom is -0.351 e. The number of hydrogen-bond acceptors (Lipinski definition) is 4. The highest BCUT2D eigenvalue weighted by molar-refractivity contribution is 8.00. The minimum absolute atomic E-state index is 0.462. The van der Waals surface area contributed by atoms with Crippen molar-refractivity contribution in [3.8, 4) is 0 Å². The maximum atomic E-state index is 11.5. The summed E-state index contributed by atoms with van der Waals surface area (Å²) in [5, 5.41) is 2.70. The predicted octanol–water partition coefficient (Wildman–Crippen LogP) is 1.89. The molecule has 1 aromatic heterocycles. The molecule has 0 saturated carbocycles. The number of amides is 3. The van der Waals surface area contributed by atoms with Crippen LogP contribution in [-0.2, 0) is 4.79 Å². The molecule has 0 aliphatic carbocycles. The smallest absolute Gasteiger partial charge is 0.318 e. The highest BCUT2D eigenvalue weighted by Gasteiger charge is 2.17. The van der Waals surface area contributed by atoms with E-state index in [1.54, 1.807) is 25.1 Å². The third-order valence-corrected chi connectivity index (χ3v) is 3.55. The number of primary amides is 1. The molecule has 100 valence electrons. The van der Waals surface area contributed by atoms with Crippen LogP contribution in [0.3, 0.4) is 0 Å². The SMILES string of the molecule is C[C@@H](Sc1nc2ccc(Cl)cc2[nH]1)C(=O)NC(N)=O. The predicted molar refractivity (Wildman–Crippen MR) is 74.1 cm³/mol. The van der Waals surface area contributed by atoms with E-state index >= 15 is 0 Å². The summed E-state index contributed by atoms with van der Waals surface area (Å²) in [5.41, 5.74) is 6.43. The summed E-state index contributed by atoms with van der Waals surface area (Å²) in [6.45, 7) is 1.66. The summed E-state index contributed by atoms with van der Waals surface area (Å²) >= 11 is 7.07. The molecule has 2 rings (SSSR count). The van der Waals surface area contributed by atoms with Gasteiger partial charge in [0.1, 0.15) is 0 Å². The van der Waals surface area contributed by atoms with Crippen molar-refractivity contribution >= 4 is 46.3 Å². The Hall–Kier alpha value is -1.73. The van der Waals surface area contributed by atoms with Crippen LogP contribution in [0.15, 0.2) is 23.4 Å². The van der Waals surface area contributed by atoms with E-state index in [0.717, 1.165) is 11.0 Å². The summed E-state index contributed by atoms with van der Waals surface area (Å²) in [7, 11) is 0.